The summed E-state index contributed by atoms with van der Waals surface area (Å²) in [7, 11) is 1.62. The SMILES string of the molecule is CCN(C)C(=O)c1ccc(-c2ccc(C(=O)CCc3ccc(F)nc3C)cc2)cc1F. The van der Waals surface area contributed by atoms with Crippen molar-refractivity contribution in [3.05, 3.63) is 88.7 Å². The fourth-order valence-electron chi connectivity index (χ4n) is 3.28. The summed E-state index contributed by atoms with van der Waals surface area (Å²) in [6.45, 7) is 4.04. The van der Waals surface area contributed by atoms with Crippen LogP contribution in [0.2, 0.25) is 0 Å². The molecule has 0 spiro atoms. The number of carbonyl (C=O) groups is 2. The molecule has 31 heavy (non-hydrogen) atoms. The Hall–Kier alpha value is -3.41. The first-order valence-electron chi connectivity index (χ1n) is 10.1. The van der Waals surface area contributed by atoms with Gasteiger partial charge in [-0.05, 0) is 55.2 Å². The average Bonchev–Trinajstić information content (AvgIpc) is 2.77. The lowest BCUT2D eigenvalue weighted by atomic mass is 9.98. The zero-order valence-corrected chi connectivity index (χ0v) is 17.8. The van der Waals surface area contributed by atoms with Gasteiger partial charge in [-0.1, -0.05) is 36.4 Å². The van der Waals surface area contributed by atoms with Crippen LogP contribution in [-0.4, -0.2) is 35.2 Å². The van der Waals surface area contributed by atoms with Crippen molar-refractivity contribution in [3.63, 3.8) is 0 Å². The van der Waals surface area contributed by atoms with Crippen molar-refractivity contribution in [1.29, 1.82) is 0 Å². The highest BCUT2D eigenvalue weighted by molar-refractivity contribution is 5.97. The number of hydrogen-bond acceptors (Lipinski definition) is 3. The Bertz CT molecular complexity index is 1110. The second kappa shape index (κ2) is 9.60. The number of rotatable bonds is 7. The van der Waals surface area contributed by atoms with Crippen LogP contribution in [0.4, 0.5) is 8.78 Å². The summed E-state index contributed by atoms with van der Waals surface area (Å²) in [6, 6.07) is 14.4. The van der Waals surface area contributed by atoms with Crippen LogP contribution in [0.1, 0.15) is 45.3 Å². The molecule has 0 aliphatic rings. The number of ketones is 1. The molecular formula is C25H24F2N2O2. The highest BCUT2D eigenvalue weighted by atomic mass is 19.1. The van der Waals surface area contributed by atoms with E-state index in [9.17, 15) is 18.4 Å². The molecule has 3 rings (SSSR count). The molecule has 0 saturated heterocycles. The number of pyridine rings is 1. The first kappa shape index (κ1) is 22.3. The molecule has 0 atom stereocenters. The molecule has 6 heteroatoms. The lowest BCUT2D eigenvalue weighted by Gasteiger charge is -2.15. The van der Waals surface area contributed by atoms with Crippen LogP contribution < -0.4 is 0 Å². The molecule has 0 aliphatic heterocycles. The molecule has 0 radical (unpaired) electrons. The number of Topliss-reactive ketones (excluding diaryl/α,β-unsaturated/α-hetero) is 1. The third-order valence-corrected chi connectivity index (χ3v) is 5.34. The minimum Gasteiger partial charge on any atom is -0.342 e. The first-order chi connectivity index (χ1) is 14.8. The molecule has 0 bridgehead atoms. The third kappa shape index (κ3) is 5.20. The number of amides is 1. The van der Waals surface area contributed by atoms with E-state index in [2.05, 4.69) is 4.98 Å². The lowest BCUT2D eigenvalue weighted by Crippen LogP contribution is -2.27. The second-order valence-corrected chi connectivity index (χ2v) is 7.39. The topological polar surface area (TPSA) is 50.3 Å². The number of aryl methyl sites for hydroxylation is 2. The number of carbonyl (C=O) groups excluding carboxylic acids is 2. The Morgan fingerprint density at radius 2 is 1.65 bits per heavy atom. The van der Waals surface area contributed by atoms with Gasteiger partial charge in [0.2, 0.25) is 5.95 Å². The van der Waals surface area contributed by atoms with E-state index in [1.54, 1.807) is 50.4 Å². The van der Waals surface area contributed by atoms with Gasteiger partial charge in [0.15, 0.2) is 5.78 Å². The van der Waals surface area contributed by atoms with Gasteiger partial charge in [0.1, 0.15) is 5.82 Å². The summed E-state index contributed by atoms with van der Waals surface area (Å²) in [5.41, 5.74) is 3.37. The highest BCUT2D eigenvalue weighted by Crippen LogP contribution is 2.24. The molecule has 1 heterocycles. The molecule has 4 nitrogen and oxygen atoms in total. The number of benzene rings is 2. The molecule has 0 N–H and O–H groups in total. The summed E-state index contributed by atoms with van der Waals surface area (Å²) < 4.78 is 27.6. The summed E-state index contributed by atoms with van der Waals surface area (Å²) in [5, 5.41) is 0. The van der Waals surface area contributed by atoms with E-state index in [4.69, 9.17) is 0 Å². The average molecular weight is 422 g/mol. The van der Waals surface area contributed by atoms with Crippen molar-refractivity contribution in [2.24, 2.45) is 0 Å². The van der Waals surface area contributed by atoms with E-state index in [0.717, 1.165) is 11.1 Å². The molecule has 1 aromatic heterocycles. The van der Waals surface area contributed by atoms with Crippen molar-refractivity contribution >= 4 is 11.7 Å². The maximum atomic E-state index is 14.5. The fraction of sp³-hybridized carbons (Fsp3) is 0.240. The van der Waals surface area contributed by atoms with Gasteiger partial charge in [0.25, 0.3) is 5.91 Å². The number of hydrogen-bond donors (Lipinski definition) is 0. The van der Waals surface area contributed by atoms with Crippen LogP contribution in [0.15, 0.2) is 54.6 Å². The van der Waals surface area contributed by atoms with Crippen LogP contribution >= 0.6 is 0 Å². The summed E-state index contributed by atoms with van der Waals surface area (Å²) in [4.78, 5) is 29.9. The van der Waals surface area contributed by atoms with Gasteiger partial charge in [0.05, 0.1) is 5.56 Å². The maximum Gasteiger partial charge on any atom is 0.256 e. The van der Waals surface area contributed by atoms with Crippen LogP contribution in [0, 0.1) is 18.7 Å². The van der Waals surface area contributed by atoms with Crippen LogP contribution in [0.25, 0.3) is 11.1 Å². The summed E-state index contributed by atoms with van der Waals surface area (Å²) in [5.74, 6) is -1.51. The Morgan fingerprint density at radius 3 is 2.26 bits per heavy atom. The number of nitrogens with zero attached hydrogens (tertiary/aromatic N) is 2. The lowest BCUT2D eigenvalue weighted by molar-refractivity contribution is 0.0797. The van der Waals surface area contributed by atoms with Crippen molar-refractivity contribution in [2.45, 2.75) is 26.7 Å². The van der Waals surface area contributed by atoms with Gasteiger partial charge in [-0.15, -0.1) is 0 Å². The van der Waals surface area contributed by atoms with E-state index in [1.807, 2.05) is 6.92 Å². The number of aromatic nitrogens is 1. The first-order valence-corrected chi connectivity index (χ1v) is 10.1. The highest BCUT2D eigenvalue weighted by Gasteiger charge is 2.16. The predicted octanol–water partition coefficient (Wildman–Crippen LogP) is 5.24. The minimum atomic E-state index is -0.578. The molecule has 1 amide bonds. The zero-order valence-electron chi connectivity index (χ0n) is 17.8. The Morgan fingerprint density at radius 1 is 0.968 bits per heavy atom. The van der Waals surface area contributed by atoms with E-state index in [1.165, 1.54) is 23.1 Å². The van der Waals surface area contributed by atoms with E-state index in [0.29, 0.717) is 29.8 Å². The van der Waals surface area contributed by atoms with Gasteiger partial charge in [-0.25, -0.2) is 9.37 Å². The Kier molecular flexibility index (Phi) is 6.90. The van der Waals surface area contributed by atoms with Gasteiger partial charge in [0, 0.05) is 31.3 Å². The Balaban J connectivity index is 1.70. The van der Waals surface area contributed by atoms with Crippen molar-refractivity contribution < 1.29 is 18.4 Å². The molecule has 2 aromatic carbocycles. The molecule has 0 fully saturated rings. The molecular weight excluding hydrogens is 398 g/mol. The smallest absolute Gasteiger partial charge is 0.256 e. The molecule has 0 unspecified atom stereocenters. The number of halogens is 2. The van der Waals surface area contributed by atoms with Gasteiger partial charge >= 0.3 is 0 Å². The quantitative estimate of drug-likeness (QED) is 0.386. The Labute approximate surface area is 180 Å². The van der Waals surface area contributed by atoms with Crippen LogP contribution in [0.3, 0.4) is 0 Å². The maximum absolute atomic E-state index is 14.5. The van der Waals surface area contributed by atoms with Crippen molar-refractivity contribution in [3.8, 4) is 11.1 Å². The van der Waals surface area contributed by atoms with Gasteiger partial charge in [-0.3, -0.25) is 9.59 Å². The minimum absolute atomic E-state index is 0.0328. The molecule has 3 aromatic rings. The van der Waals surface area contributed by atoms with E-state index >= 15 is 0 Å². The van der Waals surface area contributed by atoms with E-state index < -0.39 is 11.8 Å². The largest absolute Gasteiger partial charge is 0.342 e. The van der Waals surface area contributed by atoms with Crippen LogP contribution in [0.5, 0.6) is 0 Å². The molecule has 0 aliphatic carbocycles. The van der Waals surface area contributed by atoms with Crippen molar-refractivity contribution in [2.75, 3.05) is 13.6 Å². The summed E-state index contributed by atoms with van der Waals surface area (Å²) >= 11 is 0. The van der Waals surface area contributed by atoms with E-state index in [-0.39, 0.29) is 23.7 Å². The van der Waals surface area contributed by atoms with Gasteiger partial charge < -0.3 is 4.90 Å². The fourth-order valence-corrected chi connectivity index (χ4v) is 3.28. The van der Waals surface area contributed by atoms with Crippen molar-refractivity contribution in [1.82, 2.24) is 9.88 Å². The second-order valence-electron chi connectivity index (χ2n) is 7.39. The monoisotopic (exact) mass is 422 g/mol. The summed E-state index contributed by atoms with van der Waals surface area (Å²) in [6.07, 6.45) is 0.760. The zero-order chi connectivity index (χ0) is 22.5. The predicted molar refractivity (Wildman–Crippen MR) is 116 cm³/mol. The third-order valence-electron chi connectivity index (χ3n) is 5.34. The molecule has 160 valence electrons. The van der Waals surface area contributed by atoms with Gasteiger partial charge in [-0.2, -0.15) is 4.39 Å². The standard InChI is InChI=1S/C25H24F2N2O2/c1-4-29(3)25(31)21-12-9-20(15-22(21)26)18-5-7-19(8-6-18)23(30)13-10-17-11-14-24(27)28-16(17)2/h5-9,11-12,14-15H,4,10,13H2,1-3H3. The van der Waals surface area contributed by atoms with Crippen LogP contribution in [-0.2, 0) is 6.42 Å². The normalized spacial score (nSPS) is 10.7. The molecule has 0 saturated carbocycles.